The predicted octanol–water partition coefficient (Wildman–Crippen LogP) is 8.68. The average Bonchev–Trinajstić information content (AvgIpc) is 2.78. The van der Waals surface area contributed by atoms with Crippen molar-refractivity contribution in [2.24, 2.45) is 5.92 Å². The molecule has 0 spiro atoms. The Hall–Kier alpha value is -2.85. The number of benzene rings is 3. The third kappa shape index (κ3) is 4.20. The Kier molecular flexibility index (Phi) is 6.11. The Morgan fingerprint density at radius 2 is 1.68 bits per heavy atom. The van der Waals surface area contributed by atoms with Crippen molar-refractivity contribution in [2.45, 2.75) is 19.8 Å². The number of para-hydroxylation sites is 1. The lowest BCUT2D eigenvalue weighted by Crippen LogP contribution is -2.17. The van der Waals surface area contributed by atoms with E-state index in [1.54, 1.807) is 12.1 Å². The molecule has 1 atom stereocenters. The van der Waals surface area contributed by atoms with Crippen LogP contribution in [0.25, 0.3) is 33.7 Å². The summed E-state index contributed by atoms with van der Waals surface area (Å²) in [6.45, 7) is 2.14. The largest absolute Gasteiger partial charge is 0.478 e. The number of carbonyl (C=O) groups is 1. The van der Waals surface area contributed by atoms with Gasteiger partial charge in [-0.2, -0.15) is 0 Å². The Morgan fingerprint density at radius 3 is 2.38 bits per heavy atom. The number of hydrogen-bond acceptors (Lipinski definition) is 2. The van der Waals surface area contributed by atoms with Crippen LogP contribution in [0.4, 0.5) is 0 Å². The SMILES string of the molecule is CC1C/C(=C\c2ccc(-c3ccc(Cl)cc3Cl)c(Cl)c2)c2nc3ccccc3c(C(=O)O)c2C1. The molecule has 0 saturated carbocycles. The number of aromatic nitrogens is 1. The van der Waals surface area contributed by atoms with Gasteiger partial charge in [0.05, 0.1) is 16.8 Å². The third-order valence-corrected chi connectivity index (χ3v) is 7.05. The van der Waals surface area contributed by atoms with Crippen LogP contribution in [0.3, 0.4) is 0 Å². The number of allylic oxidation sites excluding steroid dienone is 1. The van der Waals surface area contributed by atoms with Crippen molar-refractivity contribution in [1.29, 1.82) is 0 Å². The van der Waals surface area contributed by atoms with E-state index in [4.69, 9.17) is 39.8 Å². The van der Waals surface area contributed by atoms with Gasteiger partial charge in [-0.1, -0.05) is 78.1 Å². The van der Waals surface area contributed by atoms with E-state index in [2.05, 4.69) is 13.0 Å². The second-order valence-electron chi connectivity index (χ2n) is 8.68. The summed E-state index contributed by atoms with van der Waals surface area (Å²) in [5.74, 6) is -0.627. The minimum absolute atomic E-state index is 0.294. The molecule has 0 bridgehead atoms. The Labute approximate surface area is 212 Å². The molecule has 34 heavy (non-hydrogen) atoms. The van der Waals surface area contributed by atoms with Crippen LogP contribution in [0, 0.1) is 5.92 Å². The maximum Gasteiger partial charge on any atom is 0.336 e. The highest BCUT2D eigenvalue weighted by molar-refractivity contribution is 6.38. The molecule has 0 fully saturated rings. The van der Waals surface area contributed by atoms with Gasteiger partial charge in [0.2, 0.25) is 0 Å². The summed E-state index contributed by atoms with van der Waals surface area (Å²) in [4.78, 5) is 17.1. The molecule has 1 aliphatic carbocycles. The molecule has 4 aromatic rings. The third-order valence-electron chi connectivity index (χ3n) is 6.19. The smallest absolute Gasteiger partial charge is 0.336 e. The topological polar surface area (TPSA) is 50.2 Å². The van der Waals surface area contributed by atoms with E-state index in [-0.39, 0.29) is 0 Å². The monoisotopic (exact) mass is 507 g/mol. The molecule has 0 saturated heterocycles. The van der Waals surface area contributed by atoms with Gasteiger partial charge in [0, 0.05) is 31.6 Å². The summed E-state index contributed by atoms with van der Waals surface area (Å²) >= 11 is 19.1. The van der Waals surface area contributed by atoms with Crippen LogP contribution in [0.15, 0.2) is 60.7 Å². The van der Waals surface area contributed by atoms with E-state index < -0.39 is 5.97 Å². The first-order chi connectivity index (χ1) is 16.3. The quantitative estimate of drug-likeness (QED) is 0.301. The van der Waals surface area contributed by atoms with Gasteiger partial charge in [0.1, 0.15) is 0 Å². The molecule has 0 radical (unpaired) electrons. The van der Waals surface area contributed by atoms with Gasteiger partial charge >= 0.3 is 5.97 Å². The van der Waals surface area contributed by atoms with Crippen molar-refractivity contribution in [3.63, 3.8) is 0 Å². The van der Waals surface area contributed by atoms with Crippen molar-refractivity contribution in [1.82, 2.24) is 4.98 Å². The molecular formula is C28H20Cl3NO2. The fraction of sp³-hybridized carbons (Fsp3) is 0.143. The first-order valence-corrected chi connectivity index (χ1v) is 12.1. The van der Waals surface area contributed by atoms with Crippen LogP contribution in [-0.2, 0) is 6.42 Å². The molecule has 6 heteroatoms. The fourth-order valence-electron chi connectivity index (χ4n) is 4.73. The Morgan fingerprint density at radius 1 is 0.971 bits per heavy atom. The Balaban J connectivity index is 1.63. The maximum atomic E-state index is 12.2. The highest BCUT2D eigenvalue weighted by Crippen LogP contribution is 2.40. The van der Waals surface area contributed by atoms with Crippen molar-refractivity contribution < 1.29 is 9.90 Å². The first-order valence-electron chi connectivity index (χ1n) is 10.9. The van der Waals surface area contributed by atoms with Gasteiger partial charge < -0.3 is 5.11 Å². The molecule has 1 heterocycles. The lowest BCUT2D eigenvalue weighted by Gasteiger charge is -2.26. The highest BCUT2D eigenvalue weighted by Gasteiger charge is 2.28. The minimum atomic E-state index is -0.921. The number of halogens is 3. The molecular weight excluding hydrogens is 489 g/mol. The average molecular weight is 509 g/mol. The normalized spacial score (nSPS) is 16.6. The first kappa shape index (κ1) is 22.9. The highest BCUT2D eigenvalue weighted by atomic mass is 35.5. The number of hydrogen-bond donors (Lipinski definition) is 1. The number of rotatable bonds is 3. The number of nitrogens with zero attached hydrogens (tertiary/aromatic N) is 1. The zero-order valence-electron chi connectivity index (χ0n) is 18.3. The van der Waals surface area contributed by atoms with E-state index in [1.807, 2.05) is 48.5 Å². The van der Waals surface area contributed by atoms with Crippen LogP contribution in [0.1, 0.15) is 40.5 Å². The second kappa shape index (κ2) is 9.07. The molecule has 5 rings (SSSR count). The second-order valence-corrected chi connectivity index (χ2v) is 9.93. The van der Waals surface area contributed by atoms with Gasteiger partial charge in [-0.15, -0.1) is 0 Å². The summed E-state index contributed by atoms with van der Waals surface area (Å²) in [6, 6.07) is 18.6. The van der Waals surface area contributed by atoms with Crippen LogP contribution in [0.5, 0.6) is 0 Å². The van der Waals surface area contributed by atoms with Crippen molar-refractivity contribution in [3.8, 4) is 11.1 Å². The molecule has 0 amide bonds. The molecule has 1 unspecified atom stereocenters. The molecule has 1 N–H and O–H groups in total. The number of carboxylic acid groups (broad SMARTS) is 1. The van der Waals surface area contributed by atoms with Crippen LogP contribution in [0.2, 0.25) is 15.1 Å². The molecule has 1 aliphatic rings. The number of fused-ring (bicyclic) bond motifs is 2. The van der Waals surface area contributed by atoms with E-state index in [1.165, 1.54) is 0 Å². The summed E-state index contributed by atoms with van der Waals surface area (Å²) < 4.78 is 0. The minimum Gasteiger partial charge on any atom is -0.478 e. The van der Waals surface area contributed by atoms with Crippen LogP contribution >= 0.6 is 34.8 Å². The number of pyridine rings is 1. The molecule has 1 aromatic heterocycles. The zero-order valence-corrected chi connectivity index (χ0v) is 20.5. The molecule has 0 aliphatic heterocycles. The summed E-state index contributed by atoms with van der Waals surface area (Å²) in [6.07, 6.45) is 3.54. The van der Waals surface area contributed by atoms with Gasteiger partial charge in [-0.25, -0.2) is 9.78 Å². The lowest BCUT2D eigenvalue weighted by atomic mass is 9.80. The van der Waals surface area contributed by atoms with Crippen molar-refractivity contribution >= 4 is 63.3 Å². The van der Waals surface area contributed by atoms with Crippen LogP contribution < -0.4 is 0 Å². The standard InChI is InChI=1S/C28H20Cl3NO2/c1-15-10-17(27-22(11-15)26(28(33)34)21-4-2-3-5-25(21)32-27)12-16-6-8-19(23(30)13-16)20-9-7-18(29)14-24(20)31/h2-9,12-15H,10-11H2,1H3,(H,33,34)/b17-12+. The van der Waals surface area contributed by atoms with Gasteiger partial charge in [-0.05, 0) is 65.8 Å². The van der Waals surface area contributed by atoms with E-state index >= 15 is 0 Å². The van der Waals surface area contributed by atoms with Crippen LogP contribution in [-0.4, -0.2) is 16.1 Å². The van der Waals surface area contributed by atoms with E-state index in [9.17, 15) is 9.90 Å². The van der Waals surface area contributed by atoms with Crippen molar-refractivity contribution in [3.05, 3.63) is 98.1 Å². The predicted molar refractivity (Wildman–Crippen MR) is 141 cm³/mol. The number of aromatic carboxylic acids is 1. The van der Waals surface area contributed by atoms with Gasteiger partial charge in [0.15, 0.2) is 0 Å². The van der Waals surface area contributed by atoms with E-state index in [0.29, 0.717) is 43.9 Å². The molecule has 3 nitrogen and oxygen atoms in total. The number of carboxylic acids is 1. The zero-order chi connectivity index (χ0) is 24.0. The summed E-state index contributed by atoms with van der Waals surface area (Å²) in [5.41, 5.74) is 6.15. The van der Waals surface area contributed by atoms with Gasteiger partial charge in [-0.3, -0.25) is 0 Å². The summed E-state index contributed by atoms with van der Waals surface area (Å²) in [5, 5.41) is 12.4. The van der Waals surface area contributed by atoms with E-state index in [0.717, 1.165) is 39.9 Å². The van der Waals surface area contributed by atoms with Crippen molar-refractivity contribution in [2.75, 3.05) is 0 Å². The Bertz CT molecular complexity index is 1490. The van der Waals surface area contributed by atoms with Gasteiger partial charge in [0.25, 0.3) is 0 Å². The summed E-state index contributed by atoms with van der Waals surface area (Å²) in [7, 11) is 0. The molecule has 170 valence electrons. The molecule has 3 aromatic carbocycles. The fourth-order valence-corrected chi connectivity index (χ4v) is 5.53. The maximum absolute atomic E-state index is 12.2. The lowest BCUT2D eigenvalue weighted by molar-refractivity contribution is 0.0697.